The third-order valence-electron chi connectivity index (χ3n) is 3.17. The molecule has 0 aliphatic rings. The molecule has 2 rings (SSSR count). The number of aryl methyl sites for hydroxylation is 1. The van der Waals surface area contributed by atoms with E-state index in [2.05, 4.69) is 10.1 Å². The topological polar surface area (TPSA) is 123 Å². The van der Waals surface area contributed by atoms with Crippen LogP contribution in [0, 0.1) is 0 Å². The van der Waals surface area contributed by atoms with E-state index >= 15 is 0 Å². The molecule has 11 heteroatoms. The smallest absolute Gasteiger partial charge is 0.285 e. The van der Waals surface area contributed by atoms with E-state index < -0.39 is 26.9 Å². The number of ether oxygens (including phenoxy) is 1. The first-order chi connectivity index (χ1) is 11.7. The van der Waals surface area contributed by atoms with Crippen molar-refractivity contribution < 1.29 is 22.7 Å². The minimum atomic E-state index is -4.38. The minimum Gasteiger partial charge on any atom is -0.481 e. The van der Waals surface area contributed by atoms with Crippen LogP contribution in [-0.2, 0) is 17.1 Å². The minimum absolute atomic E-state index is 0.147. The predicted molar refractivity (Wildman–Crippen MR) is 86.7 cm³/mol. The number of amides is 2. The van der Waals surface area contributed by atoms with Crippen LogP contribution in [-0.4, -0.2) is 61.1 Å². The standard InChI is InChI=1S/C14H17N5O5S/c1-18(2)14(21)9-6-5-7-15-13(9)25(22,23)17-12(20)10-8-11(24-4)19(3)16-10/h5-8H,1-4H3,(H,17,20). The molecule has 0 fully saturated rings. The van der Waals surface area contributed by atoms with E-state index in [4.69, 9.17) is 4.74 Å². The van der Waals surface area contributed by atoms with Gasteiger partial charge in [0.05, 0.1) is 12.7 Å². The lowest BCUT2D eigenvalue weighted by atomic mass is 10.2. The van der Waals surface area contributed by atoms with Gasteiger partial charge in [-0.15, -0.1) is 0 Å². The first-order valence-corrected chi connectivity index (χ1v) is 8.47. The van der Waals surface area contributed by atoms with Crippen molar-refractivity contribution >= 4 is 21.8 Å². The van der Waals surface area contributed by atoms with Crippen molar-refractivity contribution in [3.8, 4) is 5.88 Å². The van der Waals surface area contributed by atoms with Crippen LogP contribution in [0.4, 0.5) is 0 Å². The van der Waals surface area contributed by atoms with Gasteiger partial charge in [0.15, 0.2) is 10.7 Å². The van der Waals surface area contributed by atoms with Crippen molar-refractivity contribution in [3.05, 3.63) is 35.7 Å². The van der Waals surface area contributed by atoms with Gasteiger partial charge in [0.1, 0.15) is 0 Å². The number of sulfonamides is 1. The second-order valence-corrected chi connectivity index (χ2v) is 6.78. The molecule has 134 valence electrons. The number of hydrogen-bond acceptors (Lipinski definition) is 7. The summed E-state index contributed by atoms with van der Waals surface area (Å²) < 4.78 is 33.1. The Kier molecular flexibility index (Phi) is 5.07. The van der Waals surface area contributed by atoms with Gasteiger partial charge in [-0.25, -0.2) is 14.4 Å². The molecular formula is C14H17N5O5S. The Morgan fingerprint density at radius 3 is 2.56 bits per heavy atom. The van der Waals surface area contributed by atoms with E-state index in [9.17, 15) is 18.0 Å². The Morgan fingerprint density at radius 1 is 1.32 bits per heavy atom. The highest BCUT2D eigenvalue weighted by Gasteiger charge is 2.28. The van der Waals surface area contributed by atoms with E-state index in [1.54, 1.807) is 0 Å². The second-order valence-electron chi connectivity index (χ2n) is 5.19. The number of methoxy groups -OCH3 is 1. The number of hydrogen-bond donors (Lipinski definition) is 1. The molecule has 0 bridgehead atoms. The maximum Gasteiger partial charge on any atom is 0.285 e. The quantitative estimate of drug-likeness (QED) is 0.765. The van der Waals surface area contributed by atoms with Gasteiger partial charge in [0, 0.05) is 33.4 Å². The van der Waals surface area contributed by atoms with Crippen LogP contribution in [0.25, 0.3) is 0 Å². The monoisotopic (exact) mass is 367 g/mol. The lowest BCUT2D eigenvalue weighted by Crippen LogP contribution is -2.34. The van der Waals surface area contributed by atoms with Gasteiger partial charge in [0.25, 0.3) is 21.8 Å². The van der Waals surface area contributed by atoms with Crippen LogP contribution in [0.5, 0.6) is 5.88 Å². The van der Waals surface area contributed by atoms with E-state index in [0.717, 1.165) is 0 Å². The highest BCUT2D eigenvalue weighted by atomic mass is 32.2. The van der Waals surface area contributed by atoms with Crippen molar-refractivity contribution in [2.24, 2.45) is 7.05 Å². The van der Waals surface area contributed by atoms with Crippen LogP contribution in [0.2, 0.25) is 0 Å². The molecule has 25 heavy (non-hydrogen) atoms. The van der Waals surface area contributed by atoms with Gasteiger partial charge >= 0.3 is 0 Å². The highest BCUT2D eigenvalue weighted by Crippen LogP contribution is 2.15. The molecule has 0 aliphatic heterocycles. The molecule has 0 saturated carbocycles. The van der Waals surface area contributed by atoms with E-state index in [1.807, 2.05) is 4.72 Å². The Balaban J connectivity index is 2.36. The summed E-state index contributed by atoms with van der Waals surface area (Å²) in [5.41, 5.74) is -0.300. The average molecular weight is 367 g/mol. The van der Waals surface area contributed by atoms with Crippen molar-refractivity contribution in [1.29, 1.82) is 0 Å². The first-order valence-electron chi connectivity index (χ1n) is 6.99. The molecule has 10 nitrogen and oxygen atoms in total. The molecule has 0 aromatic carbocycles. The number of rotatable bonds is 5. The molecule has 1 N–H and O–H groups in total. The zero-order chi connectivity index (χ0) is 18.8. The van der Waals surface area contributed by atoms with E-state index in [0.29, 0.717) is 0 Å². The first kappa shape index (κ1) is 18.4. The van der Waals surface area contributed by atoms with Gasteiger partial charge in [0.2, 0.25) is 5.88 Å². The largest absolute Gasteiger partial charge is 0.481 e. The van der Waals surface area contributed by atoms with Gasteiger partial charge in [-0.2, -0.15) is 13.5 Å². The summed E-state index contributed by atoms with van der Waals surface area (Å²) in [5.74, 6) is -1.24. The Labute approximate surface area is 144 Å². The summed E-state index contributed by atoms with van der Waals surface area (Å²) in [6, 6.07) is 4.04. The van der Waals surface area contributed by atoms with Gasteiger partial charge < -0.3 is 9.64 Å². The molecule has 0 spiro atoms. The van der Waals surface area contributed by atoms with E-state index in [-0.39, 0.29) is 17.1 Å². The molecule has 0 unspecified atom stereocenters. The van der Waals surface area contributed by atoms with Crippen molar-refractivity contribution in [2.45, 2.75) is 5.03 Å². The number of carbonyl (C=O) groups is 2. The summed E-state index contributed by atoms with van der Waals surface area (Å²) in [6.45, 7) is 0. The summed E-state index contributed by atoms with van der Waals surface area (Å²) in [4.78, 5) is 29.3. The summed E-state index contributed by atoms with van der Waals surface area (Å²) in [6.07, 6.45) is 1.22. The van der Waals surface area contributed by atoms with Gasteiger partial charge in [-0.1, -0.05) is 0 Å². The highest BCUT2D eigenvalue weighted by molar-refractivity contribution is 7.90. The summed E-state index contributed by atoms with van der Waals surface area (Å²) in [5, 5.41) is 3.33. The Bertz CT molecular complexity index is 919. The van der Waals surface area contributed by atoms with Crippen LogP contribution in [0.15, 0.2) is 29.4 Å². The van der Waals surface area contributed by atoms with Crippen molar-refractivity contribution in [1.82, 2.24) is 24.4 Å². The number of nitrogens with one attached hydrogen (secondary N) is 1. The number of nitrogens with zero attached hydrogens (tertiary/aromatic N) is 4. The average Bonchev–Trinajstić information content (AvgIpc) is 2.94. The lowest BCUT2D eigenvalue weighted by molar-refractivity contribution is 0.0822. The van der Waals surface area contributed by atoms with Crippen LogP contribution in [0.1, 0.15) is 20.8 Å². The molecule has 0 aliphatic carbocycles. The zero-order valence-electron chi connectivity index (χ0n) is 14.0. The van der Waals surface area contributed by atoms with E-state index in [1.165, 1.54) is 62.2 Å². The number of carbonyl (C=O) groups excluding carboxylic acids is 2. The maximum atomic E-state index is 12.5. The van der Waals surface area contributed by atoms with Gasteiger partial charge in [-0.05, 0) is 12.1 Å². The number of pyridine rings is 1. The van der Waals surface area contributed by atoms with Crippen molar-refractivity contribution in [2.75, 3.05) is 21.2 Å². The fourth-order valence-corrected chi connectivity index (χ4v) is 3.07. The molecule has 2 amide bonds. The summed E-state index contributed by atoms with van der Waals surface area (Å²) in [7, 11) is 1.51. The molecule has 0 atom stereocenters. The normalized spacial score (nSPS) is 11.0. The summed E-state index contributed by atoms with van der Waals surface area (Å²) >= 11 is 0. The van der Waals surface area contributed by atoms with Crippen LogP contribution < -0.4 is 9.46 Å². The molecular weight excluding hydrogens is 350 g/mol. The Hall–Kier alpha value is -2.95. The molecule has 0 radical (unpaired) electrons. The van der Waals surface area contributed by atoms with Gasteiger partial charge in [-0.3, -0.25) is 9.59 Å². The zero-order valence-corrected chi connectivity index (χ0v) is 14.9. The van der Waals surface area contributed by atoms with Crippen LogP contribution >= 0.6 is 0 Å². The predicted octanol–water partition coefficient (Wildman–Crippen LogP) is -0.356. The number of aromatic nitrogens is 3. The third-order valence-corrected chi connectivity index (χ3v) is 4.46. The third kappa shape index (κ3) is 3.76. The molecule has 2 heterocycles. The lowest BCUT2D eigenvalue weighted by Gasteiger charge is -2.13. The van der Waals surface area contributed by atoms with Crippen LogP contribution in [0.3, 0.4) is 0 Å². The molecule has 2 aromatic heterocycles. The maximum absolute atomic E-state index is 12.5. The molecule has 2 aromatic rings. The Morgan fingerprint density at radius 2 is 2.00 bits per heavy atom. The second kappa shape index (κ2) is 6.89. The molecule has 0 saturated heterocycles. The SMILES string of the molecule is COc1cc(C(=O)NS(=O)(=O)c2ncccc2C(=O)N(C)C)nn1C. The fraction of sp³-hybridized carbons (Fsp3) is 0.286. The van der Waals surface area contributed by atoms with Crippen molar-refractivity contribution in [3.63, 3.8) is 0 Å². The fourth-order valence-electron chi connectivity index (χ4n) is 1.98.